The molecule has 1 fully saturated rings. The van der Waals surface area contributed by atoms with E-state index >= 15 is 0 Å². The van der Waals surface area contributed by atoms with Crippen molar-refractivity contribution >= 4 is 29.3 Å². The van der Waals surface area contributed by atoms with Gasteiger partial charge in [-0.2, -0.15) is 0 Å². The number of benzene rings is 1. The highest BCUT2D eigenvalue weighted by Gasteiger charge is 2.34. The van der Waals surface area contributed by atoms with E-state index < -0.39 is 5.91 Å². The van der Waals surface area contributed by atoms with Crippen molar-refractivity contribution in [2.45, 2.75) is 6.92 Å². The highest BCUT2D eigenvalue weighted by molar-refractivity contribution is 6.30. The van der Waals surface area contributed by atoms with Crippen molar-refractivity contribution in [2.24, 2.45) is 5.92 Å². The molecule has 0 spiro atoms. The molecule has 0 bridgehead atoms. The molecule has 0 unspecified atom stereocenters. The van der Waals surface area contributed by atoms with Gasteiger partial charge in [0.25, 0.3) is 5.91 Å². The molecule has 1 saturated heterocycles. The summed E-state index contributed by atoms with van der Waals surface area (Å²) in [4.78, 5) is 36.0. The molecule has 1 heterocycles. The monoisotopic (exact) mass is 295 g/mol. The SMILES string of the molecule is CC(=O)N1CC(C(=O)NNC(=O)c2cccc(Cl)c2)C1. The van der Waals surface area contributed by atoms with E-state index in [2.05, 4.69) is 10.9 Å². The van der Waals surface area contributed by atoms with Gasteiger partial charge in [-0.15, -0.1) is 0 Å². The van der Waals surface area contributed by atoms with Crippen molar-refractivity contribution in [3.8, 4) is 0 Å². The van der Waals surface area contributed by atoms with E-state index in [1.54, 1.807) is 23.1 Å². The molecule has 1 aromatic carbocycles. The number of hydrogen-bond donors (Lipinski definition) is 2. The van der Waals surface area contributed by atoms with Crippen LogP contribution in [-0.2, 0) is 9.59 Å². The number of hydrazine groups is 1. The molecule has 2 rings (SSSR count). The summed E-state index contributed by atoms with van der Waals surface area (Å²) >= 11 is 5.77. The molecule has 1 aromatic rings. The lowest BCUT2D eigenvalue weighted by Gasteiger charge is -2.37. The van der Waals surface area contributed by atoms with Crippen LogP contribution in [0.4, 0.5) is 0 Å². The standard InChI is InChI=1S/C13H14ClN3O3/c1-8(18)17-6-10(7-17)13(20)16-15-12(19)9-3-2-4-11(14)5-9/h2-5,10H,6-7H2,1H3,(H,15,19)(H,16,20). The molecule has 0 saturated carbocycles. The first-order valence-corrected chi connectivity index (χ1v) is 6.46. The van der Waals surface area contributed by atoms with Crippen LogP contribution in [0.15, 0.2) is 24.3 Å². The first-order chi connectivity index (χ1) is 9.47. The van der Waals surface area contributed by atoms with Gasteiger partial charge in [-0.3, -0.25) is 25.2 Å². The number of rotatable bonds is 2. The molecule has 7 heteroatoms. The lowest BCUT2D eigenvalue weighted by atomic mass is 10.00. The third kappa shape index (κ3) is 3.27. The first kappa shape index (κ1) is 14.3. The zero-order chi connectivity index (χ0) is 14.7. The van der Waals surface area contributed by atoms with Gasteiger partial charge >= 0.3 is 0 Å². The Labute approximate surface area is 121 Å². The average Bonchev–Trinajstić information content (AvgIpc) is 2.33. The highest BCUT2D eigenvalue weighted by Crippen LogP contribution is 2.15. The van der Waals surface area contributed by atoms with E-state index in [4.69, 9.17) is 11.6 Å². The van der Waals surface area contributed by atoms with Gasteiger partial charge in [0, 0.05) is 30.6 Å². The zero-order valence-corrected chi connectivity index (χ0v) is 11.6. The van der Waals surface area contributed by atoms with E-state index in [1.807, 2.05) is 0 Å². The number of nitrogens with zero attached hydrogens (tertiary/aromatic N) is 1. The Morgan fingerprint density at radius 3 is 2.55 bits per heavy atom. The maximum Gasteiger partial charge on any atom is 0.269 e. The van der Waals surface area contributed by atoms with Crippen LogP contribution in [-0.4, -0.2) is 35.7 Å². The van der Waals surface area contributed by atoms with Crippen LogP contribution >= 0.6 is 11.6 Å². The molecule has 0 radical (unpaired) electrons. The van der Waals surface area contributed by atoms with Gasteiger partial charge in [0.1, 0.15) is 0 Å². The Hall–Kier alpha value is -2.08. The molecule has 0 aromatic heterocycles. The fourth-order valence-electron chi connectivity index (χ4n) is 1.82. The van der Waals surface area contributed by atoms with Crippen LogP contribution in [0.2, 0.25) is 5.02 Å². The van der Waals surface area contributed by atoms with Gasteiger partial charge in [-0.05, 0) is 18.2 Å². The molecule has 3 amide bonds. The summed E-state index contributed by atoms with van der Waals surface area (Å²) in [6, 6.07) is 6.40. The van der Waals surface area contributed by atoms with Gasteiger partial charge in [0.2, 0.25) is 11.8 Å². The quantitative estimate of drug-likeness (QED) is 0.783. The molecule has 1 aliphatic heterocycles. The molecule has 0 atom stereocenters. The summed E-state index contributed by atoms with van der Waals surface area (Å²) < 4.78 is 0. The summed E-state index contributed by atoms with van der Waals surface area (Å²) in [5.41, 5.74) is 5.02. The van der Waals surface area contributed by atoms with E-state index in [0.717, 1.165) is 0 Å². The number of carbonyl (C=O) groups is 3. The van der Waals surface area contributed by atoms with Crippen LogP contribution in [0.5, 0.6) is 0 Å². The second-order valence-corrected chi connectivity index (χ2v) is 5.01. The third-order valence-corrected chi connectivity index (χ3v) is 3.32. The minimum absolute atomic E-state index is 0.0583. The number of amides is 3. The molecular weight excluding hydrogens is 282 g/mol. The number of likely N-dealkylation sites (tertiary alicyclic amines) is 1. The Kier molecular flexibility index (Phi) is 4.24. The second kappa shape index (κ2) is 5.92. The summed E-state index contributed by atoms with van der Waals surface area (Å²) in [5, 5.41) is 0.445. The van der Waals surface area contributed by atoms with Gasteiger partial charge in [-0.1, -0.05) is 17.7 Å². The zero-order valence-electron chi connectivity index (χ0n) is 10.9. The van der Waals surface area contributed by atoms with Crippen molar-refractivity contribution in [1.29, 1.82) is 0 Å². The predicted octanol–water partition coefficient (Wildman–Crippen LogP) is 0.579. The maximum atomic E-state index is 11.8. The Bertz CT molecular complexity index is 556. The van der Waals surface area contributed by atoms with Gasteiger partial charge in [0.05, 0.1) is 5.92 Å². The van der Waals surface area contributed by atoms with Gasteiger partial charge in [-0.25, -0.2) is 0 Å². The summed E-state index contributed by atoms with van der Waals surface area (Å²) in [5.74, 6) is -1.09. The van der Waals surface area contributed by atoms with Gasteiger partial charge in [0.15, 0.2) is 0 Å². The molecular formula is C13H14ClN3O3. The largest absolute Gasteiger partial charge is 0.341 e. The number of hydrogen-bond acceptors (Lipinski definition) is 3. The molecule has 2 N–H and O–H groups in total. The Morgan fingerprint density at radius 1 is 1.25 bits per heavy atom. The maximum absolute atomic E-state index is 11.8. The fraction of sp³-hybridized carbons (Fsp3) is 0.308. The fourth-order valence-corrected chi connectivity index (χ4v) is 2.01. The van der Waals surface area contributed by atoms with Crippen molar-refractivity contribution < 1.29 is 14.4 Å². The molecule has 0 aliphatic carbocycles. The third-order valence-electron chi connectivity index (χ3n) is 3.08. The number of carbonyl (C=O) groups excluding carboxylic acids is 3. The van der Waals surface area contributed by atoms with Crippen molar-refractivity contribution in [1.82, 2.24) is 15.8 Å². The molecule has 6 nitrogen and oxygen atoms in total. The highest BCUT2D eigenvalue weighted by atomic mass is 35.5. The van der Waals surface area contributed by atoms with Crippen molar-refractivity contribution in [3.05, 3.63) is 34.9 Å². The van der Waals surface area contributed by atoms with E-state index in [1.165, 1.54) is 13.0 Å². The number of nitrogens with one attached hydrogen (secondary N) is 2. The topological polar surface area (TPSA) is 78.5 Å². The van der Waals surface area contributed by atoms with Crippen LogP contribution in [0.1, 0.15) is 17.3 Å². The summed E-state index contributed by atoms with van der Waals surface area (Å²) in [7, 11) is 0. The Morgan fingerprint density at radius 2 is 1.95 bits per heavy atom. The lowest BCUT2D eigenvalue weighted by Crippen LogP contribution is -2.57. The molecule has 1 aliphatic rings. The predicted molar refractivity (Wildman–Crippen MR) is 72.8 cm³/mol. The second-order valence-electron chi connectivity index (χ2n) is 4.57. The first-order valence-electron chi connectivity index (χ1n) is 6.08. The van der Waals surface area contributed by atoms with E-state index in [9.17, 15) is 14.4 Å². The van der Waals surface area contributed by atoms with Crippen LogP contribution in [0, 0.1) is 5.92 Å². The van der Waals surface area contributed by atoms with E-state index in [0.29, 0.717) is 23.7 Å². The lowest BCUT2D eigenvalue weighted by molar-refractivity contribution is -0.141. The van der Waals surface area contributed by atoms with Crippen molar-refractivity contribution in [3.63, 3.8) is 0 Å². The van der Waals surface area contributed by atoms with Crippen molar-refractivity contribution in [2.75, 3.05) is 13.1 Å². The summed E-state index contributed by atoms with van der Waals surface area (Å²) in [6.45, 7) is 2.22. The van der Waals surface area contributed by atoms with Crippen LogP contribution in [0.3, 0.4) is 0 Å². The van der Waals surface area contributed by atoms with Crippen LogP contribution < -0.4 is 10.9 Å². The smallest absolute Gasteiger partial charge is 0.269 e. The average molecular weight is 296 g/mol. The summed E-state index contributed by atoms with van der Waals surface area (Å²) in [6.07, 6.45) is 0. The number of halogens is 1. The minimum Gasteiger partial charge on any atom is -0.341 e. The Balaban J connectivity index is 1.80. The normalized spacial score (nSPS) is 14.4. The van der Waals surface area contributed by atoms with Crippen LogP contribution in [0.25, 0.3) is 0 Å². The van der Waals surface area contributed by atoms with E-state index in [-0.39, 0.29) is 17.7 Å². The minimum atomic E-state index is -0.441. The molecule has 106 valence electrons. The van der Waals surface area contributed by atoms with Gasteiger partial charge < -0.3 is 4.90 Å². The molecule has 20 heavy (non-hydrogen) atoms.